The Balaban J connectivity index is 2.01. The van der Waals surface area contributed by atoms with Gasteiger partial charge < -0.3 is 10.2 Å². The van der Waals surface area contributed by atoms with Crippen LogP contribution in [-0.2, 0) is 6.42 Å². The molecule has 1 aromatic carbocycles. The third kappa shape index (κ3) is 2.95. The average Bonchev–Trinajstić information content (AvgIpc) is 2.90. The lowest BCUT2D eigenvalue weighted by Crippen LogP contribution is -2.22. The molecule has 0 saturated carbocycles. The van der Waals surface area contributed by atoms with Crippen LogP contribution >= 0.6 is 0 Å². The summed E-state index contributed by atoms with van der Waals surface area (Å²) in [6.45, 7) is 4.05. The van der Waals surface area contributed by atoms with Gasteiger partial charge in [-0.25, -0.2) is 9.97 Å². The number of aromatic nitrogens is 2. The lowest BCUT2D eigenvalue weighted by atomic mass is 10.1. The quantitative estimate of drug-likeness (QED) is 0.795. The molecule has 4 heteroatoms. The zero-order valence-electron chi connectivity index (χ0n) is 12.3. The van der Waals surface area contributed by atoms with Crippen LogP contribution in [0.5, 0.6) is 0 Å². The van der Waals surface area contributed by atoms with Crippen LogP contribution in [0, 0.1) is 6.92 Å². The number of furan rings is 1. The summed E-state index contributed by atoms with van der Waals surface area (Å²) in [5, 5.41) is 1.06. The lowest BCUT2D eigenvalue weighted by molar-refractivity contribution is 0.616. The fourth-order valence-electron chi connectivity index (χ4n) is 2.35. The smallest absolute Gasteiger partial charge is 0.196 e. The number of nitrogens with zero attached hydrogens (tertiary/aromatic N) is 2. The Labute approximate surface area is 124 Å². The van der Waals surface area contributed by atoms with E-state index >= 15 is 0 Å². The molecule has 0 spiro atoms. The number of aryl methyl sites for hydroxylation is 1. The number of benzene rings is 1. The Morgan fingerprint density at radius 2 is 2.00 bits per heavy atom. The first kappa shape index (κ1) is 13.8. The Kier molecular flexibility index (Phi) is 3.71. The Hall–Kier alpha value is -2.20. The van der Waals surface area contributed by atoms with E-state index in [4.69, 9.17) is 10.2 Å². The maximum absolute atomic E-state index is 6.02. The minimum Gasteiger partial charge on any atom is -0.453 e. The van der Waals surface area contributed by atoms with Crippen molar-refractivity contribution in [3.63, 3.8) is 0 Å². The second-order valence-corrected chi connectivity index (χ2v) is 5.35. The van der Waals surface area contributed by atoms with Crippen LogP contribution in [0.4, 0.5) is 0 Å². The van der Waals surface area contributed by atoms with Gasteiger partial charge >= 0.3 is 0 Å². The van der Waals surface area contributed by atoms with Crippen molar-refractivity contribution in [3.8, 4) is 11.6 Å². The number of hydrogen-bond donors (Lipinski definition) is 1. The fourth-order valence-corrected chi connectivity index (χ4v) is 2.35. The van der Waals surface area contributed by atoms with Gasteiger partial charge in [0.1, 0.15) is 5.58 Å². The number of rotatable bonds is 4. The van der Waals surface area contributed by atoms with E-state index < -0.39 is 0 Å². The van der Waals surface area contributed by atoms with Crippen molar-refractivity contribution in [1.82, 2.24) is 9.97 Å². The summed E-state index contributed by atoms with van der Waals surface area (Å²) in [6, 6.07) is 12.0. The van der Waals surface area contributed by atoms with Crippen molar-refractivity contribution < 1.29 is 4.42 Å². The maximum Gasteiger partial charge on any atom is 0.196 e. The summed E-state index contributed by atoms with van der Waals surface area (Å²) < 4.78 is 5.84. The predicted molar refractivity (Wildman–Crippen MR) is 83.9 cm³/mol. The number of hydrogen-bond acceptors (Lipinski definition) is 4. The van der Waals surface area contributed by atoms with Crippen LogP contribution in [-0.4, -0.2) is 16.0 Å². The van der Waals surface area contributed by atoms with Gasteiger partial charge in [0, 0.05) is 29.2 Å². The van der Waals surface area contributed by atoms with Gasteiger partial charge in [-0.05, 0) is 31.5 Å². The summed E-state index contributed by atoms with van der Waals surface area (Å²) in [5.41, 5.74) is 8.77. The highest BCUT2D eigenvalue weighted by Crippen LogP contribution is 2.25. The minimum absolute atomic E-state index is 0.128. The molecule has 2 heterocycles. The van der Waals surface area contributed by atoms with E-state index in [1.165, 1.54) is 0 Å². The second kappa shape index (κ2) is 5.66. The molecular formula is C17H19N3O. The zero-order valence-corrected chi connectivity index (χ0v) is 12.3. The molecule has 3 rings (SSSR count). The van der Waals surface area contributed by atoms with Crippen LogP contribution in [0.3, 0.4) is 0 Å². The third-order valence-corrected chi connectivity index (χ3v) is 3.55. The lowest BCUT2D eigenvalue weighted by Gasteiger charge is -2.09. The van der Waals surface area contributed by atoms with Gasteiger partial charge in [-0.15, -0.1) is 0 Å². The summed E-state index contributed by atoms with van der Waals surface area (Å²) in [5.74, 6) is 1.33. The van der Waals surface area contributed by atoms with E-state index in [0.717, 1.165) is 35.2 Å². The van der Waals surface area contributed by atoms with Gasteiger partial charge in [0.2, 0.25) is 0 Å². The first-order chi connectivity index (χ1) is 10.2. The van der Waals surface area contributed by atoms with Crippen molar-refractivity contribution in [2.75, 3.05) is 0 Å². The van der Waals surface area contributed by atoms with E-state index in [-0.39, 0.29) is 6.04 Å². The number of para-hydroxylation sites is 1. The van der Waals surface area contributed by atoms with Crippen LogP contribution in [0.25, 0.3) is 22.6 Å². The van der Waals surface area contributed by atoms with Gasteiger partial charge in [-0.3, -0.25) is 0 Å². The fraction of sp³-hybridized carbons (Fsp3) is 0.294. The van der Waals surface area contributed by atoms with Crippen LogP contribution in [0.1, 0.15) is 24.7 Å². The molecule has 0 aliphatic carbocycles. The van der Waals surface area contributed by atoms with Crippen molar-refractivity contribution in [2.24, 2.45) is 5.73 Å². The van der Waals surface area contributed by atoms with E-state index in [0.29, 0.717) is 11.6 Å². The summed E-state index contributed by atoms with van der Waals surface area (Å²) in [4.78, 5) is 9.09. The number of fused-ring (bicyclic) bond motifs is 1. The first-order valence-corrected chi connectivity index (χ1v) is 7.25. The molecule has 0 fully saturated rings. The zero-order chi connectivity index (χ0) is 14.8. The molecule has 0 radical (unpaired) electrons. The molecule has 21 heavy (non-hydrogen) atoms. The highest BCUT2D eigenvalue weighted by Gasteiger charge is 2.12. The molecule has 1 atom stereocenters. The van der Waals surface area contributed by atoms with Crippen molar-refractivity contribution in [3.05, 3.63) is 47.8 Å². The SMILES string of the molecule is CCC(N)Cc1cc(C)nc(-c2cc3ccccc3o2)n1. The highest BCUT2D eigenvalue weighted by atomic mass is 16.3. The normalized spacial score (nSPS) is 12.7. The van der Waals surface area contributed by atoms with E-state index in [1.807, 2.05) is 43.3 Å². The van der Waals surface area contributed by atoms with Crippen LogP contribution < -0.4 is 5.73 Å². The molecule has 3 aromatic rings. The third-order valence-electron chi connectivity index (χ3n) is 3.55. The summed E-state index contributed by atoms with van der Waals surface area (Å²) >= 11 is 0. The minimum atomic E-state index is 0.128. The monoisotopic (exact) mass is 281 g/mol. The predicted octanol–water partition coefficient (Wildman–Crippen LogP) is 3.48. The Bertz CT molecular complexity index is 731. The van der Waals surface area contributed by atoms with E-state index in [9.17, 15) is 0 Å². The number of nitrogens with two attached hydrogens (primary N) is 1. The maximum atomic E-state index is 6.02. The van der Waals surface area contributed by atoms with Gasteiger partial charge in [0.25, 0.3) is 0 Å². The van der Waals surface area contributed by atoms with Gasteiger partial charge in [0.05, 0.1) is 0 Å². The molecule has 0 saturated heterocycles. The van der Waals surface area contributed by atoms with Crippen molar-refractivity contribution in [2.45, 2.75) is 32.7 Å². The molecular weight excluding hydrogens is 262 g/mol. The molecule has 2 N–H and O–H groups in total. The Morgan fingerprint density at radius 1 is 1.19 bits per heavy atom. The molecule has 0 amide bonds. The van der Waals surface area contributed by atoms with Crippen molar-refractivity contribution >= 4 is 11.0 Å². The molecule has 0 aliphatic heterocycles. The Morgan fingerprint density at radius 3 is 2.76 bits per heavy atom. The van der Waals surface area contributed by atoms with E-state index in [2.05, 4.69) is 16.9 Å². The van der Waals surface area contributed by atoms with Gasteiger partial charge in [-0.2, -0.15) is 0 Å². The van der Waals surface area contributed by atoms with Crippen molar-refractivity contribution in [1.29, 1.82) is 0 Å². The molecule has 0 bridgehead atoms. The average molecular weight is 281 g/mol. The molecule has 4 nitrogen and oxygen atoms in total. The highest BCUT2D eigenvalue weighted by molar-refractivity contribution is 5.81. The van der Waals surface area contributed by atoms with E-state index in [1.54, 1.807) is 0 Å². The largest absolute Gasteiger partial charge is 0.453 e. The summed E-state index contributed by atoms with van der Waals surface area (Å²) in [6.07, 6.45) is 1.69. The van der Waals surface area contributed by atoms with Gasteiger partial charge in [-0.1, -0.05) is 25.1 Å². The molecule has 108 valence electrons. The first-order valence-electron chi connectivity index (χ1n) is 7.25. The van der Waals surface area contributed by atoms with Crippen LogP contribution in [0.15, 0.2) is 40.8 Å². The van der Waals surface area contributed by atoms with Crippen LogP contribution in [0.2, 0.25) is 0 Å². The molecule has 1 unspecified atom stereocenters. The molecule has 0 aliphatic rings. The second-order valence-electron chi connectivity index (χ2n) is 5.35. The standard InChI is InChI=1S/C17H19N3O/c1-3-13(18)10-14-8-11(2)19-17(20-14)16-9-12-6-4-5-7-15(12)21-16/h4-9,13H,3,10,18H2,1-2H3. The summed E-state index contributed by atoms with van der Waals surface area (Å²) in [7, 11) is 0. The van der Waals surface area contributed by atoms with Gasteiger partial charge in [0.15, 0.2) is 11.6 Å². The topological polar surface area (TPSA) is 64.9 Å². The molecule has 2 aromatic heterocycles.